The fraction of sp³-hybridized carbons (Fsp3) is 0.429. The minimum atomic E-state index is 0.255. The van der Waals surface area contributed by atoms with Gasteiger partial charge < -0.3 is 0 Å². The second kappa shape index (κ2) is 3.23. The third kappa shape index (κ3) is 1.76. The quantitative estimate of drug-likeness (QED) is 0.389. The van der Waals surface area contributed by atoms with Crippen LogP contribution in [0.4, 0.5) is 0 Å². The van der Waals surface area contributed by atoms with E-state index in [-0.39, 0.29) is 5.92 Å². The van der Waals surface area contributed by atoms with Gasteiger partial charge in [-0.1, -0.05) is 26.5 Å². The summed E-state index contributed by atoms with van der Waals surface area (Å²) in [4.78, 5) is 9.94. The predicted molar refractivity (Wildman–Crippen MR) is 34.2 cm³/mol. The summed E-state index contributed by atoms with van der Waals surface area (Å²) in [5, 5.41) is 0. The van der Waals surface area contributed by atoms with E-state index in [9.17, 15) is 4.79 Å². The van der Waals surface area contributed by atoms with E-state index in [0.717, 1.165) is 0 Å². The van der Waals surface area contributed by atoms with Crippen LogP contribution in [0.1, 0.15) is 13.8 Å². The molecule has 44 valence electrons. The first kappa shape index (κ1) is 7.19. The van der Waals surface area contributed by atoms with Crippen molar-refractivity contribution in [3.8, 4) is 0 Å². The van der Waals surface area contributed by atoms with Gasteiger partial charge in [-0.2, -0.15) is 0 Å². The highest BCUT2D eigenvalue weighted by atomic mass is 16.1. The lowest BCUT2D eigenvalue weighted by atomic mass is 10.1. The van der Waals surface area contributed by atoms with Crippen molar-refractivity contribution in [1.82, 2.24) is 0 Å². The number of hydrogen-bond acceptors (Lipinski definition) is 1. The van der Waals surface area contributed by atoms with Gasteiger partial charge in [0.25, 0.3) is 0 Å². The van der Waals surface area contributed by atoms with Crippen molar-refractivity contribution < 1.29 is 4.79 Å². The van der Waals surface area contributed by atoms with E-state index in [1.807, 2.05) is 13.8 Å². The Kier molecular flexibility index (Phi) is 2.90. The van der Waals surface area contributed by atoms with E-state index in [0.29, 0.717) is 5.57 Å². The van der Waals surface area contributed by atoms with Gasteiger partial charge in [-0.05, 0) is 5.92 Å². The molecule has 0 spiro atoms. The lowest BCUT2D eigenvalue weighted by Gasteiger charge is -1.96. The van der Waals surface area contributed by atoms with Crippen LogP contribution in [-0.2, 0) is 4.79 Å². The zero-order valence-corrected chi connectivity index (χ0v) is 5.27. The van der Waals surface area contributed by atoms with Crippen molar-refractivity contribution in [3.63, 3.8) is 0 Å². The Hall–Kier alpha value is -0.810. The van der Waals surface area contributed by atoms with Crippen LogP contribution in [0, 0.1) is 5.92 Å². The van der Waals surface area contributed by atoms with Gasteiger partial charge in [0, 0.05) is 5.57 Å². The molecule has 0 heterocycles. The Bertz CT molecular complexity index is 127. The molecule has 0 amide bonds. The van der Waals surface area contributed by atoms with Crippen molar-refractivity contribution in [1.29, 1.82) is 0 Å². The molecule has 0 aromatic heterocycles. The van der Waals surface area contributed by atoms with Crippen LogP contribution in [0.3, 0.4) is 0 Å². The highest BCUT2D eigenvalue weighted by Gasteiger charge is 1.95. The van der Waals surface area contributed by atoms with E-state index in [1.165, 1.54) is 6.08 Å². The maximum absolute atomic E-state index is 9.94. The summed E-state index contributed by atoms with van der Waals surface area (Å²) >= 11 is 0. The molecular formula is C7H10O. The van der Waals surface area contributed by atoms with Gasteiger partial charge in [-0.15, -0.1) is 0 Å². The molecule has 0 N–H and O–H groups in total. The highest BCUT2D eigenvalue weighted by molar-refractivity contribution is 5.57. The lowest BCUT2D eigenvalue weighted by Crippen LogP contribution is -1.89. The average molecular weight is 110 g/mol. The highest BCUT2D eigenvalue weighted by Crippen LogP contribution is 2.04. The first-order chi connectivity index (χ1) is 3.72. The minimum absolute atomic E-state index is 0.255. The maximum Gasteiger partial charge on any atom is 0.128 e. The van der Waals surface area contributed by atoms with Gasteiger partial charge in [-0.25, -0.2) is 4.79 Å². The average Bonchev–Trinajstić information content (AvgIpc) is 1.69. The standard InChI is InChI=1S/C7H10O/c1-4-7(5-8)6(2)3/h4,6H,1H2,2-3H3. The maximum atomic E-state index is 9.94. The van der Waals surface area contributed by atoms with E-state index in [2.05, 4.69) is 6.58 Å². The number of hydrogen-bond donors (Lipinski definition) is 0. The molecule has 0 rings (SSSR count). The van der Waals surface area contributed by atoms with Crippen LogP contribution in [0.2, 0.25) is 0 Å². The molecule has 8 heavy (non-hydrogen) atoms. The van der Waals surface area contributed by atoms with Crippen molar-refractivity contribution >= 4 is 5.94 Å². The molecule has 0 saturated heterocycles. The molecule has 1 nitrogen and oxygen atoms in total. The van der Waals surface area contributed by atoms with Crippen LogP contribution >= 0.6 is 0 Å². The largest absolute Gasteiger partial charge is 0.233 e. The molecule has 0 atom stereocenters. The second-order valence-electron chi connectivity index (χ2n) is 1.92. The predicted octanol–water partition coefficient (Wildman–Crippen LogP) is 1.59. The van der Waals surface area contributed by atoms with Crippen LogP contribution in [-0.4, -0.2) is 5.94 Å². The van der Waals surface area contributed by atoms with Crippen LogP contribution < -0.4 is 0 Å². The van der Waals surface area contributed by atoms with Gasteiger partial charge in [0.1, 0.15) is 5.94 Å². The molecular weight excluding hydrogens is 100 g/mol. The molecule has 0 aliphatic heterocycles. The van der Waals surface area contributed by atoms with Crippen molar-refractivity contribution in [2.75, 3.05) is 0 Å². The van der Waals surface area contributed by atoms with Crippen molar-refractivity contribution in [3.05, 3.63) is 18.2 Å². The molecule has 0 bridgehead atoms. The minimum Gasteiger partial charge on any atom is -0.233 e. The zero-order valence-electron chi connectivity index (χ0n) is 5.27. The van der Waals surface area contributed by atoms with Gasteiger partial charge in [0.2, 0.25) is 0 Å². The molecule has 0 saturated carbocycles. The van der Waals surface area contributed by atoms with Crippen LogP contribution in [0.5, 0.6) is 0 Å². The topological polar surface area (TPSA) is 17.1 Å². The summed E-state index contributed by atoms with van der Waals surface area (Å²) in [6.45, 7) is 7.32. The van der Waals surface area contributed by atoms with E-state index < -0.39 is 0 Å². The normalized spacial score (nSPS) is 8.38. The third-order valence-corrected chi connectivity index (χ3v) is 0.960. The summed E-state index contributed by atoms with van der Waals surface area (Å²) in [6, 6.07) is 0. The third-order valence-electron chi connectivity index (χ3n) is 0.960. The summed E-state index contributed by atoms with van der Waals surface area (Å²) in [5.41, 5.74) is 0.644. The second-order valence-corrected chi connectivity index (χ2v) is 1.92. The van der Waals surface area contributed by atoms with Gasteiger partial charge in [0.15, 0.2) is 0 Å². The Morgan fingerprint density at radius 3 is 2.25 bits per heavy atom. The first-order valence-corrected chi connectivity index (χ1v) is 2.59. The van der Waals surface area contributed by atoms with Gasteiger partial charge in [-0.3, -0.25) is 0 Å². The summed E-state index contributed by atoms with van der Waals surface area (Å²) in [5.74, 6) is 2.05. The molecule has 0 aliphatic rings. The zero-order chi connectivity index (χ0) is 6.57. The summed E-state index contributed by atoms with van der Waals surface area (Å²) in [7, 11) is 0. The SMILES string of the molecule is C=CC(=C=O)C(C)C. The Balaban J connectivity index is 4.13. The molecule has 0 aromatic rings. The smallest absolute Gasteiger partial charge is 0.128 e. The molecule has 0 unspecified atom stereocenters. The van der Waals surface area contributed by atoms with E-state index in [1.54, 1.807) is 5.94 Å². The fourth-order valence-corrected chi connectivity index (χ4v) is 0.395. The van der Waals surface area contributed by atoms with Crippen LogP contribution in [0.15, 0.2) is 18.2 Å². The molecule has 0 aliphatic carbocycles. The van der Waals surface area contributed by atoms with Crippen molar-refractivity contribution in [2.24, 2.45) is 5.92 Å². The lowest BCUT2D eigenvalue weighted by molar-refractivity contribution is 0.564. The van der Waals surface area contributed by atoms with Gasteiger partial charge >= 0.3 is 0 Å². The Morgan fingerprint density at radius 2 is 2.25 bits per heavy atom. The molecule has 0 fully saturated rings. The molecule has 0 radical (unpaired) electrons. The fourth-order valence-electron chi connectivity index (χ4n) is 0.395. The van der Waals surface area contributed by atoms with Gasteiger partial charge in [0.05, 0.1) is 0 Å². The summed E-state index contributed by atoms with van der Waals surface area (Å²) in [6.07, 6.45) is 1.54. The first-order valence-electron chi connectivity index (χ1n) is 2.59. The molecule has 1 heteroatoms. The van der Waals surface area contributed by atoms with Crippen molar-refractivity contribution in [2.45, 2.75) is 13.8 Å². The summed E-state index contributed by atoms with van der Waals surface area (Å²) < 4.78 is 0. The monoisotopic (exact) mass is 110 g/mol. The van der Waals surface area contributed by atoms with E-state index in [4.69, 9.17) is 0 Å². The number of allylic oxidation sites excluding steroid dienone is 2. The Labute approximate surface area is 49.7 Å². The number of rotatable bonds is 2. The van der Waals surface area contributed by atoms with E-state index >= 15 is 0 Å². The number of carbonyl (C=O) groups excluding carboxylic acids is 1. The Morgan fingerprint density at radius 1 is 1.75 bits per heavy atom. The van der Waals surface area contributed by atoms with Crippen LogP contribution in [0.25, 0.3) is 0 Å². The molecule has 0 aromatic carbocycles.